The van der Waals surface area contributed by atoms with Crippen LogP contribution in [0.5, 0.6) is 5.75 Å². The zero-order chi connectivity index (χ0) is 12.8. The second kappa shape index (κ2) is 5.51. The first-order valence-corrected chi connectivity index (χ1v) is 4.70. The fourth-order valence-corrected chi connectivity index (χ4v) is 1.05. The molecule has 0 radical (unpaired) electrons. The van der Waals surface area contributed by atoms with Crippen LogP contribution in [0.1, 0.15) is 12.5 Å². The van der Waals surface area contributed by atoms with Crippen molar-refractivity contribution >= 4 is 11.7 Å². The van der Waals surface area contributed by atoms with Crippen molar-refractivity contribution in [3.05, 3.63) is 33.9 Å². The highest BCUT2D eigenvalue weighted by atomic mass is 16.6. The molecule has 0 aromatic heterocycles. The summed E-state index contributed by atoms with van der Waals surface area (Å²) in [7, 11) is 0. The van der Waals surface area contributed by atoms with E-state index >= 15 is 0 Å². The van der Waals surface area contributed by atoms with Gasteiger partial charge in [-0.3, -0.25) is 10.1 Å². The largest absolute Gasteiger partial charge is 0.502 e. The number of carbonyl (C=O) groups excluding carboxylic acids is 1. The molecule has 0 bridgehead atoms. The van der Waals surface area contributed by atoms with E-state index in [9.17, 15) is 20.0 Å². The first-order valence-electron chi connectivity index (χ1n) is 4.70. The molecule has 1 aromatic rings. The minimum Gasteiger partial charge on any atom is -0.502 e. The number of rotatable bonds is 2. The van der Waals surface area contributed by atoms with Gasteiger partial charge in [0.25, 0.3) is 0 Å². The maximum Gasteiger partial charge on any atom is 0.384 e. The predicted octanol–water partition coefficient (Wildman–Crippen LogP) is 1.22. The number of nitro groups is 1. The third-order valence-electron chi connectivity index (χ3n) is 1.76. The number of nitrogens with zero attached hydrogens (tertiary/aromatic N) is 1. The molecule has 6 nitrogen and oxygen atoms in total. The van der Waals surface area contributed by atoms with Gasteiger partial charge in [-0.2, -0.15) is 0 Å². The Balaban J connectivity index is 2.91. The lowest BCUT2D eigenvalue weighted by atomic mass is 10.2. The van der Waals surface area contributed by atoms with Crippen molar-refractivity contribution < 1.29 is 19.6 Å². The van der Waals surface area contributed by atoms with Crippen LogP contribution >= 0.6 is 0 Å². The van der Waals surface area contributed by atoms with Crippen molar-refractivity contribution in [2.24, 2.45) is 0 Å². The molecule has 0 aliphatic rings. The molecular weight excluding hydrogens is 226 g/mol. The van der Waals surface area contributed by atoms with Gasteiger partial charge in [-0.25, -0.2) is 4.79 Å². The first kappa shape index (κ1) is 12.5. The van der Waals surface area contributed by atoms with Gasteiger partial charge >= 0.3 is 11.7 Å². The highest BCUT2D eigenvalue weighted by Crippen LogP contribution is 2.25. The molecule has 0 aliphatic heterocycles. The van der Waals surface area contributed by atoms with Crippen LogP contribution in [0.4, 0.5) is 5.69 Å². The number of phenols is 1. The number of esters is 1. The van der Waals surface area contributed by atoms with Crippen molar-refractivity contribution in [2.45, 2.75) is 6.92 Å². The second-order valence-electron chi connectivity index (χ2n) is 2.93. The van der Waals surface area contributed by atoms with Crippen molar-refractivity contribution in [3.63, 3.8) is 0 Å². The molecule has 0 spiro atoms. The average Bonchev–Trinajstić information content (AvgIpc) is 2.26. The quantitative estimate of drug-likeness (QED) is 0.360. The Bertz CT molecular complexity index is 512. The van der Waals surface area contributed by atoms with Crippen molar-refractivity contribution in [3.8, 4) is 17.6 Å². The molecule has 17 heavy (non-hydrogen) atoms. The Morgan fingerprint density at radius 2 is 2.29 bits per heavy atom. The van der Waals surface area contributed by atoms with Gasteiger partial charge in [0.1, 0.15) is 0 Å². The lowest BCUT2D eigenvalue weighted by molar-refractivity contribution is -0.385. The Morgan fingerprint density at radius 3 is 2.82 bits per heavy atom. The second-order valence-corrected chi connectivity index (χ2v) is 2.93. The minimum absolute atomic E-state index is 0.221. The van der Waals surface area contributed by atoms with E-state index in [0.717, 1.165) is 12.1 Å². The Labute approximate surface area is 97.0 Å². The van der Waals surface area contributed by atoms with Crippen molar-refractivity contribution in [1.82, 2.24) is 0 Å². The smallest absolute Gasteiger partial charge is 0.384 e. The summed E-state index contributed by atoms with van der Waals surface area (Å²) in [6.07, 6.45) is 0. The topological polar surface area (TPSA) is 89.7 Å². The molecule has 1 aromatic carbocycles. The first-order chi connectivity index (χ1) is 8.04. The van der Waals surface area contributed by atoms with E-state index in [1.165, 1.54) is 6.07 Å². The van der Waals surface area contributed by atoms with Crippen LogP contribution in [-0.2, 0) is 9.53 Å². The number of phenolic OH excluding ortho intramolecular Hbond substituents is 1. The minimum atomic E-state index is -0.710. The molecule has 0 atom stereocenters. The summed E-state index contributed by atoms with van der Waals surface area (Å²) < 4.78 is 4.57. The summed E-state index contributed by atoms with van der Waals surface area (Å²) >= 11 is 0. The molecule has 0 fully saturated rings. The van der Waals surface area contributed by atoms with E-state index < -0.39 is 22.3 Å². The van der Waals surface area contributed by atoms with Crippen LogP contribution in [0, 0.1) is 22.0 Å². The van der Waals surface area contributed by atoms with Crippen LogP contribution in [-0.4, -0.2) is 22.6 Å². The fraction of sp³-hybridized carbons (Fsp3) is 0.182. The Hall–Kier alpha value is -2.55. The molecule has 0 aliphatic carbocycles. The number of hydrogen-bond acceptors (Lipinski definition) is 5. The molecule has 0 saturated heterocycles. The standard InChI is InChI=1S/C11H9NO5/c1-2-17-11(14)6-4-8-3-5-9(12(15)16)10(13)7-8/h3,5,7,13H,2H2,1H3. The molecule has 88 valence electrons. The van der Waals surface area contributed by atoms with E-state index in [1.54, 1.807) is 6.92 Å². The molecule has 0 saturated carbocycles. The zero-order valence-electron chi connectivity index (χ0n) is 8.97. The van der Waals surface area contributed by atoms with E-state index in [-0.39, 0.29) is 6.61 Å². The van der Waals surface area contributed by atoms with Gasteiger partial charge in [0.2, 0.25) is 0 Å². The van der Waals surface area contributed by atoms with E-state index in [4.69, 9.17) is 0 Å². The Morgan fingerprint density at radius 1 is 1.59 bits per heavy atom. The summed E-state index contributed by atoms with van der Waals surface area (Å²) in [6.45, 7) is 1.87. The predicted molar refractivity (Wildman–Crippen MR) is 58.3 cm³/mol. The van der Waals surface area contributed by atoms with Crippen LogP contribution in [0.25, 0.3) is 0 Å². The summed E-state index contributed by atoms with van der Waals surface area (Å²) in [5.74, 6) is 3.43. The van der Waals surface area contributed by atoms with Gasteiger partial charge in [-0.1, -0.05) is 5.92 Å². The highest BCUT2D eigenvalue weighted by molar-refractivity contribution is 5.89. The maximum absolute atomic E-state index is 10.9. The molecule has 0 amide bonds. The lowest BCUT2D eigenvalue weighted by Gasteiger charge is -1.96. The number of benzene rings is 1. The van der Waals surface area contributed by atoms with Gasteiger partial charge in [0.05, 0.1) is 11.5 Å². The molecule has 1 rings (SSSR count). The summed E-state index contributed by atoms with van der Waals surface area (Å²) in [6, 6.07) is 3.57. The number of aromatic hydroxyl groups is 1. The molecular formula is C11H9NO5. The van der Waals surface area contributed by atoms with Crippen molar-refractivity contribution in [1.29, 1.82) is 0 Å². The van der Waals surface area contributed by atoms with Crippen LogP contribution in [0.15, 0.2) is 18.2 Å². The normalized spacial score (nSPS) is 9.00. The van der Waals surface area contributed by atoms with Gasteiger partial charge in [0, 0.05) is 23.6 Å². The number of nitro benzene ring substituents is 1. The summed E-state index contributed by atoms with van der Waals surface area (Å²) in [5.41, 5.74) is -0.118. The van der Waals surface area contributed by atoms with Gasteiger partial charge in [-0.15, -0.1) is 0 Å². The van der Waals surface area contributed by atoms with E-state index in [1.807, 2.05) is 0 Å². The van der Waals surface area contributed by atoms with Crippen LogP contribution in [0.2, 0.25) is 0 Å². The Kier molecular flexibility index (Phi) is 4.06. The third-order valence-corrected chi connectivity index (χ3v) is 1.76. The summed E-state index contributed by atoms with van der Waals surface area (Å²) in [5, 5.41) is 19.7. The van der Waals surface area contributed by atoms with Crippen LogP contribution in [0.3, 0.4) is 0 Å². The van der Waals surface area contributed by atoms with E-state index in [2.05, 4.69) is 16.6 Å². The van der Waals surface area contributed by atoms with Gasteiger partial charge in [-0.05, 0) is 13.0 Å². The SMILES string of the molecule is CCOC(=O)C#Cc1ccc([N+](=O)[O-])c(O)c1. The number of hydrogen-bond donors (Lipinski definition) is 1. The van der Waals surface area contributed by atoms with Gasteiger partial charge in [0.15, 0.2) is 5.75 Å². The fourth-order valence-electron chi connectivity index (χ4n) is 1.05. The number of ether oxygens (including phenoxy) is 1. The molecule has 6 heteroatoms. The highest BCUT2D eigenvalue weighted by Gasteiger charge is 2.12. The maximum atomic E-state index is 10.9. The van der Waals surface area contributed by atoms with Crippen molar-refractivity contribution in [2.75, 3.05) is 6.61 Å². The van der Waals surface area contributed by atoms with Crippen LogP contribution < -0.4 is 0 Å². The number of carbonyl (C=O) groups is 1. The zero-order valence-corrected chi connectivity index (χ0v) is 8.97. The molecule has 0 heterocycles. The lowest BCUT2D eigenvalue weighted by Crippen LogP contribution is -1.99. The average molecular weight is 235 g/mol. The monoisotopic (exact) mass is 235 g/mol. The summed E-state index contributed by atoms with van der Waals surface area (Å²) in [4.78, 5) is 20.6. The molecule has 1 N–H and O–H groups in total. The van der Waals surface area contributed by atoms with Gasteiger partial charge < -0.3 is 9.84 Å². The van der Waals surface area contributed by atoms with E-state index in [0.29, 0.717) is 5.56 Å². The molecule has 0 unspecified atom stereocenters. The third kappa shape index (κ3) is 3.50.